The monoisotopic (exact) mass is 389 g/mol. The van der Waals surface area contributed by atoms with Gasteiger partial charge >= 0.3 is 13.1 Å². The van der Waals surface area contributed by atoms with E-state index < -0.39 is 24.3 Å². The number of carbonyl (C=O) groups excluding carboxylic acids is 1. The molecule has 2 N–H and O–H groups in total. The summed E-state index contributed by atoms with van der Waals surface area (Å²) in [6.45, 7) is 9.58. The van der Waals surface area contributed by atoms with Gasteiger partial charge in [-0.05, 0) is 44.8 Å². The molecule has 0 aliphatic carbocycles. The number of aliphatic carboxylic acids is 1. The Kier molecular flexibility index (Phi) is 6.57. The number of carboxylic acid groups (broad SMARTS) is 1. The average Bonchev–Trinajstić information content (AvgIpc) is 2.79. The molecule has 1 fully saturated rings. The molecule has 0 saturated carbocycles. The van der Waals surface area contributed by atoms with Crippen molar-refractivity contribution in [1.29, 1.82) is 0 Å². The molecule has 0 bridgehead atoms. The summed E-state index contributed by atoms with van der Waals surface area (Å²) in [6.07, 6.45) is 1.74. The van der Waals surface area contributed by atoms with Crippen LogP contribution in [0.2, 0.25) is 0 Å². The fraction of sp³-hybridized carbons (Fsp3) is 0.500. The summed E-state index contributed by atoms with van der Waals surface area (Å²) < 4.78 is 17.6. The molecule has 0 aromatic heterocycles. The largest absolute Gasteiger partial charge is 0.496 e. The van der Waals surface area contributed by atoms with E-state index in [2.05, 4.69) is 5.32 Å². The standard InChI is InChI=1S/C20H28BNO6/c1-13(23)22-12-16(21-27-19(2,3)20(4,5)28-21)9-14-7-8-15(11-18(24)25)17(10-14)26-6/h7-10H,11-12H2,1-6H3,(H,22,23)(H,24,25). The van der Waals surface area contributed by atoms with E-state index in [1.807, 2.05) is 33.8 Å². The van der Waals surface area contributed by atoms with Gasteiger partial charge in [-0.3, -0.25) is 9.59 Å². The van der Waals surface area contributed by atoms with Gasteiger partial charge in [0.2, 0.25) is 5.91 Å². The molecule has 1 aliphatic rings. The highest BCUT2D eigenvalue weighted by Gasteiger charge is 2.52. The number of benzene rings is 1. The molecular formula is C20H28BNO6. The molecule has 2 rings (SSSR count). The molecule has 0 spiro atoms. The first kappa shape index (κ1) is 22.0. The molecule has 28 heavy (non-hydrogen) atoms. The Hall–Kier alpha value is -2.32. The van der Waals surface area contributed by atoms with Crippen molar-refractivity contribution in [3.05, 3.63) is 34.8 Å². The van der Waals surface area contributed by atoms with E-state index >= 15 is 0 Å². The molecule has 1 heterocycles. The predicted molar refractivity (Wildman–Crippen MR) is 107 cm³/mol. The lowest BCUT2D eigenvalue weighted by atomic mass is 9.77. The van der Waals surface area contributed by atoms with Crippen LogP contribution in [0.25, 0.3) is 6.08 Å². The lowest BCUT2D eigenvalue weighted by Gasteiger charge is -2.32. The zero-order valence-corrected chi connectivity index (χ0v) is 17.3. The van der Waals surface area contributed by atoms with E-state index in [9.17, 15) is 9.59 Å². The first-order valence-electron chi connectivity index (χ1n) is 9.14. The molecule has 1 amide bonds. The molecule has 8 heteroatoms. The minimum atomic E-state index is -0.926. The van der Waals surface area contributed by atoms with Crippen LogP contribution in [0.1, 0.15) is 45.7 Å². The number of carboxylic acids is 1. The highest BCUT2D eigenvalue weighted by atomic mass is 16.7. The Morgan fingerprint density at radius 1 is 1.21 bits per heavy atom. The molecule has 152 valence electrons. The van der Waals surface area contributed by atoms with Crippen LogP contribution in [0, 0.1) is 0 Å². The average molecular weight is 389 g/mol. The zero-order chi connectivity index (χ0) is 21.1. The first-order valence-corrected chi connectivity index (χ1v) is 9.14. The van der Waals surface area contributed by atoms with Gasteiger partial charge in [-0.25, -0.2) is 0 Å². The maximum atomic E-state index is 11.4. The van der Waals surface area contributed by atoms with Gasteiger partial charge in [0.1, 0.15) is 5.75 Å². The summed E-state index contributed by atoms with van der Waals surface area (Å²) in [5.41, 5.74) is 1.13. The highest BCUT2D eigenvalue weighted by Crippen LogP contribution is 2.38. The minimum absolute atomic E-state index is 0.122. The van der Waals surface area contributed by atoms with Gasteiger partial charge in [-0.15, -0.1) is 0 Å². The summed E-state index contributed by atoms with van der Waals surface area (Å²) in [6, 6.07) is 5.29. The summed E-state index contributed by atoms with van der Waals surface area (Å²) in [4.78, 5) is 22.4. The number of nitrogens with one attached hydrogen (secondary N) is 1. The van der Waals surface area contributed by atoms with Gasteiger partial charge in [-0.2, -0.15) is 0 Å². The van der Waals surface area contributed by atoms with Crippen molar-refractivity contribution in [3.8, 4) is 5.75 Å². The summed E-state index contributed by atoms with van der Waals surface area (Å²) >= 11 is 0. The third-order valence-electron chi connectivity index (χ3n) is 5.10. The van der Waals surface area contributed by atoms with Crippen LogP contribution in [-0.2, 0) is 25.3 Å². The van der Waals surface area contributed by atoms with Crippen molar-refractivity contribution in [2.75, 3.05) is 13.7 Å². The van der Waals surface area contributed by atoms with Crippen LogP contribution >= 0.6 is 0 Å². The van der Waals surface area contributed by atoms with Crippen molar-refractivity contribution in [2.45, 2.75) is 52.2 Å². The lowest BCUT2D eigenvalue weighted by molar-refractivity contribution is -0.136. The van der Waals surface area contributed by atoms with E-state index in [0.29, 0.717) is 11.3 Å². The maximum Gasteiger partial charge on any atom is 0.492 e. The van der Waals surface area contributed by atoms with Crippen molar-refractivity contribution in [3.63, 3.8) is 0 Å². The second kappa shape index (κ2) is 8.37. The van der Waals surface area contributed by atoms with Crippen molar-refractivity contribution in [2.24, 2.45) is 0 Å². The molecule has 1 aromatic rings. The van der Waals surface area contributed by atoms with Gasteiger partial charge < -0.3 is 24.5 Å². The fourth-order valence-corrected chi connectivity index (χ4v) is 2.80. The quantitative estimate of drug-likeness (QED) is 0.696. The first-order chi connectivity index (χ1) is 12.9. The van der Waals surface area contributed by atoms with E-state index in [4.69, 9.17) is 19.2 Å². The number of hydrogen-bond acceptors (Lipinski definition) is 5. The minimum Gasteiger partial charge on any atom is -0.496 e. The molecule has 0 unspecified atom stereocenters. The number of methoxy groups -OCH3 is 1. The Morgan fingerprint density at radius 2 is 1.82 bits per heavy atom. The Bertz CT molecular complexity index is 771. The Morgan fingerprint density at radius 3 is 2.32 bits per heavy atom. The van der Waals surface area contributed by atoms with E-state index in [-0.39, 0.29) is 18.9 Å². The SMILES string of the molecule is COc1cc(C=C(CNC(C)=O)B2OC(C)(C)C(C)(C)O2)ccc1CC(=O)O. The molecule has 1 saturated heterocycles. The summed E-state index contributed by atoms with van der Waals surface area (Å²) in [5.74, 6) is -0.592. The van der Waals surface area contributed by atoms with Crippen LogP contribution in [-0.4, -0.2) is 49.0 Å². The number of ether oxygens (including phenoxy) is 1. The number of amides is 1. The van der Waals surface area contributed by atoms with Crippen LogP contribution < -0.4 is 10.1 Å². The van der Waals surface area contributed by atoms with Gasteiger partial charge in [-0.1, -0.05) is 18.2 Å². The van der Waals surface area contributed by atoms with Crippen LogP contribution in [0.3, 0.4) is 0 Å². The molecule has 7 nitrogen and oxygen atoms in total. The van der Waals surface area contributed by atoms with Gasteiger partial charge in [0, 0.05) is 19.0 Å². The Labute approximate surface area is 166 Å². The van der Waals surface area contributed by atoms with Crippen LogP contribution in [0.4, 0.5) is 0 Å². The topological polar surface area (TPSA) is 94.1 Å². The Balaban J connectivity index is 2.37. The molecule has 0 radical (unpaired) electrons. The van der Waals surface area contributed by atoms with Gasteiger partial charge in [0.15, 0.2) is 0 Å². The fourth-order valence-electron chi connectivity index (χ4n) is 2.80. The molecular weight excluding hydrogens is 361 g/mol. The third kappa shape index (κ3) is 5.14. The van der Waals surface area contributed by atoms with E-state index in [1.165, 1.54) is 14.0 Å². The van der Waals surface area contributed by atoms with Crippen molar-refractivity contribution < 1.29 is 28.7 Å². The van der Waals surface area contributed by atoms with Crippen molar-refractivity contribution in [1.82, 2.24) is 5.32 Å². The second-order valence-corrected chi connectivity index (χ2v) is 7.86. The molecule has 0 atom stereocenters. The molecule has 1 aromatic carbocycles. The zero-order valence-electron chi connectivity index (χ0n) is 17.3. The normalized spacial score (nSPS) is 18.1. The smallest absolute Gasteiger partial charge is 0.492 e. The summed E-state index contributed by atoms with van der Waals surface area (Å²) in [7, 11) is 0.891. The number of hydrogen-bond donors (Lipinski definition) is 2. The predicted octanol–water partition coefficient (Wildman–Crippen LogP) is 2.47. The van der Waals surface area contributed by atoms with Gasteiger partial charge in [0.05, 0.1) is 24.7 Å². The third-order valence-corrected chi connectivity index (χ3v) is 5.10. The van der Waals surface area contributed by atoms with Crippen LogP contribution in [0.15, 0.2) is 23.7 Å². The summed E-state index contributed by atoms with van der Waals surface area (Å²) in [5, 5.41) is 11.8. The second-order valence-electron chi connectivity index (χ2n) is 7.86. The molecule has 1 aliphatic heterocycles. The van der Waals surface area contributed by atoms with E-state index in [0.717, 1.165) is 11.0 Å². The maximum absolute atomic E-state index is 11.4. The lowest BCUT2D eigenvalue weighted by Crippen LogP contribution is -2.41. The van der Waals surface area contributed by atoms with Gasteiger partial charge in [0.25, 0.3) is 0 Å². The number of rotatable bonds is 7. The van der Waals surface area contributed by atoms with E-state index in [1.54, 1.807) is 18.2 Å². The number of carbonyl (C=O) groups is 2. The highest BCUT2D eigenvalue weighted by molar-refractivity contribution is 6.56. The van der Waals surface area contributed by atoms with Crippen LogP contribution in [0.5, 0.6) is 5.75 Å². The van der Waals surface area contributed by atoms with Crippen molar-refractivity contribution >= 4 is 25.1 Å².